The van der Waals surface area contributed by atoms with Crippen LogP contribution >= 0.6 is 0 Å². The van der Waals surface area contributed by atoms with E-state index >= 15 is 0 Å². The maximum absolute atomic E-state index is 13.4. The van der Waals surface area contributed by atoms with Crippen molar-refractivity contribution in [2.75, 3.05) is 12.4 Å². The van der Waals surface area contributed by atoms with Crippen molar-refractivity contribution >= 4 is 11.7 Å². The normalized spacial score (nSPS) is 20.2. The third-order valence-corrected chi connectivity index (χ3v) is 4.02. The zero-order valence-electron chi connectivity index (χ0n) is 12.7. The van der Waals surface area contributed by atoms with E-state index in [-0.39, 0.29) is 17.8 Å². The smallest absolute Gasteiger partial charge is 0.410 e. The molecule has 2 heterocycles. The lowest BCUT2D eigenvalue weighted by Gasteiger charge is -2.34. The first-order chi connectivity index (χ1) is 11.3. The van der Waals surface area contributed by atoms with Crippen LogP contribution < -0.4 is 15.8 Å². The van der Waals surface area contributed by atoms with E-state index in [0.717, 1.165) is 10.9 Å². The van der Waals surface area contributed by atoms with Crippen molar-refractivity contribution in [3.63, 3.8) is 0 Å². The van der Waals surface area contributed by atoms with Gasteiger partial charge in [-0.3, -0.25) is 4.79 Å². The fourth-order valence-electron chi connectivity index (χ4n) is 2.80. The van der Waals surface area contributed by atoms with Crippen LogP contribution in [0.25, 0.3) is 0 Å². The molecule has 0 spiro atoms. The molecule has 128 valence electrons. The molecule has 6 nitrogen and oxygen atoms in total. The molecule has 1 amide bonds. The summed E-state index contributed by atoms with van der Waals surface area (Å²) < 4.78 is 46.1. The minimum Gasteiger partial charge on any atom is -0.497 e. The molecule has 3 rings (SSSR count). The van der Waals surface area contributed by atoms with Crippen LogP contribution in [0.5, 0.6) is 5.75 Å². The molecule has 1 aliphatic rings. The van der Waals surface area contributed by atoms with E-state index < -0.39 is 24.2 Å². The van der Waals surface area contributed by atoms with Crippen molar-refractivity contribution < 1.29 is 22.7 Å². The number of halogens is 3. The number of anilines is 1. The van der Waals surface area contributed by atoms with Gasteiger partial charge in [0.1, 0.15) is 17.1 Å². The molecule has 0 bridgehead atoms. The van der Waals surface area contributed by atoms with Crippen molar-refractivity contribution in [2.45, 2.75) is 24.7 Å². The molecule has 24 heavy (non-hydrogen) atoms. The van der Waals surface area contributed by atoms with Crippen LogP contribution in [0.3, 0.4) is 0 Å². The Morgan fingerprint density at radius 3 is 2.58 bits per heavy atom. The summed E-state index contributed by atoms with van der Waals surface area (Å²) in [6.45, 7) is 0. The first kappa shape index (κ1) is 16.2. The second-order valence-electron chi connectivity index (χ2n) is 5.48. The Labute approximate surface area is 135 Å². The molecule has 2 atom stereocenters. The van der Waals surface area contributed by atoms with Gasteiger partial charge in [-0.05, 0) is 17.7 Å². The number of nitrogens with zero attached hydrogens (tertiary/aromatic N) is 2. The van der Waals surface area contributed by atoms with E-state index in [0.29, 0.717) is 11.3 Å². The third-order valence-electron chi connectivity index (χ3n) is 4.02. The largest absolute Gasteiger partial charge is 0.497 e. The molecule has 0 unspecified atom stereocenters. The minimum absolute atomic E-state index is 0.0168. The molecule has 1 aromatic heterocycles. The zero-order valence-corrected chi connectivity index (χ0v) is 12.7. The van der Waals surface area contributed by atoms with Gasteiger partial charge >= 0.3 is 6.18 Å². The van der Waals surface area contributed by atoms with Crippen molar-refractivity contribution in [3.8, 4) is 5.75 Å². The Hall–Kier alpha value is -2.71. The Morgan fingerprint density at radius 1 is 1.38 bits per heavy atom. The van der Waals surface area contributed by atoms with Gasteiger partial charge in [-0.1, -0.05) is 12.1 Å². The highest BCUT2D eigenvalue weighted by atomic mass is 19.4. The summed E-state index contributed by atoms with van der Waals surface area (Å²) >= 11 is 0. The SMILES string of the molecule is COc1ccc([C@@H]2C[C@H](C(F)(F)F)n3ncc(C(N)=O)c3N2)cc1. The maximum Gasteiger partial charge on any atom is 0.410 e. The third kappa shape index (κ3) is 2.77. The van der Waals surface area contributed by atoms with Crippen LogP contribution in [0.1, 0.15) is 34.4 Å². The van der Waals surface area contributed by atoms with Gasteiger partial charge in [0.2, 0.25) is 0 Å². The number of fused-ring (bicyclic) bond motifs is 1. The number of carbonyl (C=O) groups is 1. The first-order valence-corrected chi connectivity index (χ1v) is 7.15. The Kier molecular flexibility index (Phi) is 3.86. The highest BCUT2D eigenvalue weighted by molar-refractivity contribution is 5.97. The highest BCUT2D eigenvalue weighted by Gasteiger charge is 2.47. The number of hydrogen-bond acceptors (Lipinski definition) is 4. The zero-order chi connectivity index (χ0) is 17.5. The monoisotopic (exact) mass is 340 g/mol. The number of rotatable bonds is 3. The number of aromatic nitrogens is 2. The lowest BCUT2D eigenvalue weighted by atomic mass is 9.96. The van der Waals surface area contributed by atoms with E-state index in [9.17, 15) is 18.0 Å². The number of alkyl halides is 3. The van der Waals surface area contributed by atoms with Gasteiger partial charge in [0.25, 0.3) is 5.91 Å². The van der Waals surface area contributed by atoms with E-state index in [1.54, 1.807) is 24.3 Å². The number of nitrogens with one attached hydrogen (secondary N) is 1. The lowest BCUT2D eigenvalue weighted by molar-refractivity contribution is -0.173. The number of nitrogens with two attached hydrogens (primary N) is 1. The minimum atomic E-state index is -4.50. The molecule has 1 aromatic carbocycles. The molecule has 0 saturated heterocycles. The molecule has 0 radical (unpaired) electrons. The average molecular weight is 340 g/mol. The predicted molar refractivity (Wildman–Crippen MR) is 79.8 cm³/mol. The summed E-state index contributed by atoms with van der Waals surface area (Å²) in [6, 6.07) is 4.22. The first-order valence-electron chi connectivity index (χ1n) is 7.15. The molecular weight excluding hydrogens is 325 g/mol. The molecule has 3 N–H and O–H groups in total. The van der Waals surface area contributed by atoms with E-state index in [4.69, 9.17) is 10.5 Å². The maximum atomic E-state index is 13.4. The number of primary amides is 1. The molecule has 0 aliphatic carbocycles. The van der Waals surface area contributed by atoms with E-state index in [2.05, 4.69) is 10.4 Å². The summed E-state index contributed by atoms with van der Waals surface area (Å²) in [6.07, 6.45) is -3.69. The second-order valence-corrected chi connectivity index (χ2v) is 5.48. The Balaban J connectivity index is 2.02. The number of methoxy groups -OCH3 is 1. The summed E-state index contributed by atoms with van der Waals surface area (Å²) in [5.41, 5.74) is 5.81. The molecule has 0 saturated carbocycles. The van der Waals surface area contributed by atoms with Gasteiger partial charge in [0.15, 0.2) is 6.04 Å². The fraction of sp³-hybridized carbons (Fsp3) is 0.333. The van der Waals surface area contributed by atoms with Gasteiger partial charge in [-0.25, -0.2) is 4.68 Å². The van der Waals surface area contributed by atoms with E-state index in [1.807, 2.05) is 0 Å². The molecule has 1 aliphatic heterocycles. The van der Waals surface area contributed by atoms with Crippen LogP contribution in [-0.4, -0.2) is 29.0 Å². The van der Waals surface area contributed by atoms with Crippen LogP contribution in [0.15, 0.2) is 30.5 Å². The van der Waals surface area contributed by atoms with Crippen LogP contribution in [0.4, 0.5) is 19.0 Å². The molecular formula is C15H15F3N4O2. The van der Waals surface area contributed by atoms with Crippen molar-refractivity contribution in [1.82, 2.24) is 9.78 Å². The number of carbonyl (C=O) groups excluding carboxylic acids is 1. The summed E-state index contributed by atoms with van der Waals surface area (Å²) in [5.74, 6) is -0.248. The second kappa shape index (κ2) is 5.73. The summed E-state index contributed by atoms with van der Waals surface area (Å²) in [5, 5.41) is 6.64. The molecule has 9 heteroatoms. The van der Waals surface area contributed by atoms with Gasteiger partial charge in [-0.15, -0.1) is 0 Å². The molecule has 0 fully saturated rings. The van der Waals surface area contributed by atoms with E-state index in [1.165, 1.54) is 7.11 Å². The van der Waals surface area contributed by atoms with Crippen molar-refractivity contribution in [2.24, 2.45) is 5.73 Å². The van der Waals surface area contributed by atoms with Gasteiger partial charge in [0, 0.05) is 6.42 Å². The average Bonchev–Trinajstić information content (AvgIpc) is 2.97. The number of benzene rings is 1. The van der Waals surface area contributed by atoms with Crippen LogP contribution in [0.2, 0.25) is 0 Å². The fourth-order valence-corrected chi connectivity index (χ4v) is 2.80. The highest BCUT2D eigenvalue weighted by Crippen LogP contribution is 2.44. The molecule has 2 aromatic rings. The Bertz CT molecular complexity index is 755. The van der Waals surface area contributed by atoms with Gasteiger partial charge < -0.3 is 15.8 Å². The van der Waals surface area contributed by atoms with Crippen molar-refractivity contribution in [3.05, 3.63) is 41.6 Å². The van der Waals surface area contributed by atoms with Crippen LogP contribution in [-0.2, 0) is 0 Å². The lowest BCUT2D eigenvalue weighted by Crippen LogP contribution is -2.36. The number of hydrogen-bond donors (Lipinski definition) is 2. The topological polar surface area (TPSA) is 82.2 Å². The summed E-state index contributed by atoms with van der Waals surface area (Å²) in [4.78, 5) is 11.4. The number of ether oxygens (including phenoxy) is 1. The van der Waals surface area contributed by atoms with Crippen molar-refractivity contribution in [1.29, 1.82) is 0 Å². The van der Waals surface area contributed by atoms with Gasteiger partial charge in [0.05, 0.1) is 19.3 Å². The Morgan fingerprint density at radius 2 is 2.04 bits per heavy atom. The standard InChI is InChI=1S/C15H15F3N4O2/c1-24-9-4-2-8(3-5-9)11-6-12(15(16,17)18)22-14(21-11)10(7-20-22)13(19)23/h2-5,7,11-12,21H,6H2,1H3,(H2,19,23)/t11-,12+/m0/s1. The summed E-state index contributed by atoms with van der Waals surface area (Å²) in [7, 11) is 1.51. The predicted octanol–water partition coefficient (Wildman–Crippen LogP) is 2.65. The number of amides is 1. The van der Waals surface area contributed by atoms with Crippen LogP contribution in [0, 0.1) is 0 Å². The van der Waals surface area contributed by atoms with Gasteiger partial charge in [-0.2, -0.15) is 18.3 Å². The quantitative estimate of drug-likeness (QED) is 0.900.